The molecule has 2 aromatic carbocycles. The van der Waals surface area contributed by atoms with Gasteiger partial charge >= 0.3 is 0 Å². The number of aromatic nitrogens is 2. The van der Waals surface area contributed by atoms with Gasteiger partial charge in [0.2, 0.25) is 5.95 Å². The zero-order valence-electron chi connectivity index (χ0n) is 15.1. The van der Waals surface area contributed by atoms with Crippen LogP contribution in [0.15, 0.2) is 48.5 Å². The van der Waals surface area contributed by atoms with Crippen LogP contribution in [0, 0.1) is 18.6 Å². The molecule has 0 aliphatic heterocycles. The van der Waals surface area contributed by atoms with Crippen LogP contribution in [0.25, 0.3) is 0 Å². The van der Waals surface area contributed by atoms with Crippen molar-refractivity contribution in [1.82, 2.24) is 9.97 Å². The number of methoxy groups -OCH3 is 1. The van der Waals surface area contributed by atoms with Gasteiger partial charge in [0.25, 0.3) is 0 Å². The Hall–Kier alpha value is -3.22. The van der Waals surface area contributed by atoms with E-state index in [2.05, 4.69) is 20.6 Å². The molecule has 0 saturated carbocycles. The molecule has 1 aromatic heterocycles. The Kier molecular flexibility index (Phi) is 5.80. The van der Waals surface area contributed by atoms with Gasteiger partial charge in [-0.05, 0) is 43.2 Å². The van der Waals surface area contributed by atoms with Crippen LogP contribution < -0.4 is 15.4 Å². The molecule has 0 saturated heterocycles. The first kappa shape index (κ1) is 18.6. The number of halogens is 2. The normalized spacial score (nSPS) is 10.5. The lowest BCUT2D eigenvalue weighted by atomic mass is 10.1. The van der Waals surface area contributed by atoms with E-state index in [0.29, 0.717) is 18.3 Å². The van der Waals surface area contributed by atoms with Gasteiger partial charge in [-0.1, -0.05) is 12.1 Å². The summed E-state index contributed by atoms with van der Waals surface area (Å²) in [7, 11) is 1.63. The molecule has 0 unspecified atom stereocenters. The highest BCUT2D eigenvalue weighted by Gasteiger charge is 2.07. The largest absolute Gasteiger partial charge is 0.497 e. The molecule has 0 aliphatic carbocycles. The molecule has 1 heterocycles. The minimum atomic E-state index is -0.680. The second-order valence-corrected chi connectivity index (χ2v) is 5.99. The minimum absolute atomic E-state index is 0.152. The van der Waals surface area contributed by atoms with Crippen LogP contribution in [0.5, 0.6) is 5.75 Å². The predicted octanol–water partition coefficient (Wildman–Crippen LogP) is 4.47. The number of ether oxygens (including phenoxy) is 1. The predicted molar refractivity (Wildman–Crippen MR) is 102 cm³/mol. The number of hydrogen-bond donors (Lipinski definition) is 2. The van der Waals surface area contributed by atoms with Crippen LogP contribution >= 0.6 is 0 Å². The average molecular weight is 370 g/mol. The van der Waals surface area contributed by atoms with Crippen LogP contribution in [-0.4, -0.2) is 23.6 Å². The molecule has 3 rings (SSSR count). The first-order chi connectivity index (χ1) is 13.0. The molecule has 2 N–H and O–H groups in total. The lowest BCUT2D eigenvalue weighted by Crippen LogP contribution is -2.10. The summed E-state index contributed by atoms with van der Waals surface area (Å²) in [6.45, 7) is 2.46. The monoisotopic (exact) mass is 370 g/mol. The van der Waals surface area contributed by atoms with Gasteiger partial charge < -0.3 is 15.4 Å². The van der Waals surface area contributed by atoms with E-state index in [1.807, 2.05) is 31.2 Å². The maximum absolute atomic E-state index is 13.8. The SMILES string of the molecule is COc1ccc(CCNc2nc(C)cc(Nc3ccc(F)cc3F)n2)cc1. The van der Waals surface area contributed by atoms with Crippen molar-refractivity contribution in [3.8, 4) is 5.75 Å². The van der Waals surface area contributed by atoms with Gasteiger partial charge in [-0.15, -0.1) is 0 Å². The summed E-state index contributed by atoms with van der Waals surface area (Å²) in [6, 6.07) is 12.9. The van der Waals surface area contributed by atoms with Crippen LogP contribution in [0.1, 0.15) is 11.3 Å². The number of rotatable bonds is 7. The summed E-state index contributed by atoms with van der Waals surface area (Å²) in [5.74, 6) is 0.379. The number of nitrogens with one attached hydrogen (secondary N) is 2. The summed E-state index contributed by atoms with van der Waals surface area (Å²) < 4.78 is 32.0. The molecule has 7 heteroatoms. The number of benzene rings is 2. The molecule has 0 bridgehead atoms. The minimum Gasteiger partial charge on any atom is -0.497 e. The third-order valence-electron chi connectivity index (χ3n) is 3.90. The van der Waals surface area contributed by atoms with Gasteiger partial charge in [-0.25, -0.2) is 13.8 Å². The molecule has 0 radical (unpaired) electrons. The standard InChI is InChI=1S/C20H20F2N4O/c1-13-11-19(25-18-8-5-15(21)12-17(18)22)26-20(24-13)23-10-9-14-3-6-16(27-2)7-4-14/h3-8,11-12H,9-10H2,1-2H3,(H2,23,24,25,26). The lowest BCUT2D eigenvalue weighted by Gasteiger charge is -2.11. The molecular formula is C20H20F2N4O. The van der Waals surface area contributed by atoms with E-state index in [0.717, 1.165) is 29.5 Å². The summed E-state index contributed by atoms with van der Waals surface area (Å²) in [4.78, 5) is 8.67. The lowest BCUT2D eigenvalue weighted by molar-refractivity contribution is 0.414. The quantitative estimate of drug-likeness (QED) is 0.643. The average Bonchev–Trinajstić information content (AvgIpc) is 2.64. The third kappa shape index (κ3) is 5.13. The number of hydrogen-bond acceptors (Lipinski definition) is 5. The van der Waals surface area contributed by atoms with Crippen molar-refractivity contribution in [2.45, 2.75) is 13.3 Å². The van der Waals surface area contributed by atoms with Crippen LogP contribution in [-0.2, 0) is 6.42 Å². The maximum atomic E-state index is 13.8. The second-order valence-electron chi connectivity index (χ2n) is 5.99. The van der Waals surface area contributed by atoms with Gasteiger partial charge in [-0.2, -0.15) is 4.98 Å². The first-order valence-corrected chi connectivity index (χ1v) is 8.48. The van der Waals surface area contributed by atoms with E-state index in [4.69, 9.17) is 4.74 Å². The molecule has 0 spiro atoms. The Balaban J connectivity index is 1.64. The fourth-order valence-corrected chi connectivity index (χ4v) is 2.55. The van der Waals surface area contributed by atoms with Crippen molar-refractivity contribution in [2.24, 2.45) is 0 Å². The number of anilines is 3. The molecule has 27 heavy (non-hydrogen) atoms. The van der Waals surface area contributed by atoms with Crippen LogP contribution in [0.2, 0.25) is 0 Å². The van der Waals surface area contributed by atoms with Crippen molar-refractivity contribution in [3.05, 3.63) is 71.4 Å². The number of nitrogens with zero attached hydrogens (tertiary/aromatic N) is 2. The third-order valence-corrected chi connectivity index (χ3v) is 3.90. The highest BCUT2D eigenvalue weighted by molar-refractivity contribution is 5.58. The second kappa shape index (κ2) is 8.44. The number of aryl methyl sites for hydroxylation is 1. The van der Waals surface area contributed by atoms with Crippen LogP contribution in [0.4, 0.5) is 26.2 Å². The topological polar surface area (TPSA) is 59.1 Å². The Morgan fingerprint density at radius 1 is 1.00 bits per heavy atom. The molecule has 0 aliphatic rings. The Labute approximate surface area is 156 Å². The summed E-state index contributed by atoms with van der Waals surface area (Å²) in [6.07, 6.45) is 0.788. The molecule has 3 aromatic rings. The van der Waals surface area contributed by atoms with Crippen LogP contribution in [0.3, 0.4) is 0 Å². The smallest absolute Gasteiger partial charge is 0.224 e. The molecule has 0 fully saturated rings. The summed E-state index contributed by atoms with van der Waals surface area (Å²) >= 11 is 0. The zero-order valence-corrected chi connectivity index (χ0v) is 15.1. The molecular weight excluding hydrogens is 350 g/mol. The zero-order chi connectivity index (χ0) is 19.2. The van der Waals surface area contributed by atoms with Gasteiger partial charge in [0.1, 0.15) is 23.2 Å². The van der Waals surface area contributed by atoms with Gasteiger partial charge in [0, 0.05) is 24.4 Å². The molecule has 140 valence electrons. The highest BCUT2D eigenvalue weighted by atomic mass is 19.1. The summed E-state index contributed by atoms with van der Waals surface area (Å²) in [5.41, 5.74) is 2.03. The van der Waals surface area contributed by atoms with E-state index in [1.165, 1.54) is 12.1 Å². The molecule has 0 atom stereocenters. The van der Waals surface area contributed by atoms with Crippen molar-refractivity contribution in [1.29, 1.82) is 0 Å². The van der Waals surface area contributed by atoms with Crippen molar-refractivity contribution in [3.63, 3.8) is 0 Å². The molecule has 5 nitrogen and oxygen atoms in total. The fourth-order valence-electron chi connectivity index (χ4n) is 2.55. The van der Waals surface area contributed by atoms with Gasteiger partial charge in [0.15, 0.2) is 0 Å². The highest BCUT2D eigenvalue weighted by Crippen LogP contribution is 2.20. The molecule has 0 amide bonds. The van der Waals surface area contributed by atoms with Crippen molar-refractivity contribution < 1.29 is 13.5 Å². The van der Waals surface area contributed by atoms with Gasteiger partial charge in [0.05, 0.1) is 12.8 Å². The first-order valence-electron chi connectivity index (χ1n) is 8.48. The van der Waals surface area contributed by atoms with E-state index in [1.54, 1.807) is 13.2 Å². The summed E-state index contributed by atoms with van der Waals surface area (Å²) in [5, 5.41) is 6.02. The Morgan fingerprint density at radius 3 is 2.48 bits per heavy atom. The fraction of sp³-hybridized carbons (Fsp3) is 0.200. The Morgan fingerprint density at radius 2 is 1.78 bits per heavy atom. The Bertz CT molecular complexity index is 916. The van der Waals surface area contributed by atoms with Crippen molar-refractivity contribution in [2.75, 3.05) is 24.3 Å². The van der Waals surface area contributed by atoms with Gasteiger partial charge in [-0.3, -0.25) is 0 Å². The maximum Gasteiger partial charge on any atom is 0.224 e. The van der Waals surface area contributed by atoms with E-state index in [9.17, 15) is 8.78 Å². The van der Waals surface area contributed by atoms with E-state index in [-0.39, 0.29) is 5.69 Å². The van der Waals surface area contributed by atoms with E-state index < -0.39 is 11.6 Å². The van der Waals surface area contributed by atoms with E-state index >= 15 is 0 Å². The van der Waals surface area contributed by atoms with Crippen molar-refractivity contribution >= 4 is 17.5 Å².